The summed E-state index contributed by atoms with van der Waals surface area (Å²) in [5.41, 5.74) is 5.58. The van der Waals surface area contributed by atoms with Crippen molar-refractivity contribution in [2.24, 2.45) is 11.7 Å². The summed E-state index contributed by atoms with van der Waals surface area (Å²) in [6.07, 6.45) is 5.18. The Bertz CT molecular complexity index is 405. The van der Waals surface area contributed by atoms with Gasteiger partial charge in [-0.3, -0.25) is 9.89 Å². The molecule has 2 atom stereocenters. The van der Waals surface area contributed by atoms with E-state index in [4.69, 9.17) is 5.73 Å². The molecular weight excluding hydrogens is 230 g/mol. The minimum Gasteiger partial charge on any atom is -0.337 e. The van der Waals surface area contributed by atoms with Crippen LogP contribution in [0.3, 0.4) is 0 Å². The van der Waals surface area contributed by atoms with Gasteiger partial charge in [0.1, 0.15) is 12.2 Å². The van der Waals surface area contributed by atoms with Gasteiger partial charge in [0.2, 0.25) is 5.91 Å². The van der Waals surface area contributed by atoms with Crippen LogP contribution in [-0.2, 0) is 11.3 Å². The normalized spacial score (nSPS) is 28.1. The molecule has 0 radical (unpaired) electrons. The minimum atomic E-state index is -0.702. The third-order valence-electron chi connectivity index (χ3n) is 3.66. The molecule has 1 amide bonds. The van der Waals surface area contributed by atoms with E-state index in [2.05, 4.69) is 22.1 Å². The first-order chi connectivity index (χ1) is 8.51. The molecule has 6 heteroatoms. The van der Waals surface area contributed by atoms with Gasteiger partial charge in [0.25, 0.3) is 0 Å². The third-order valence-corrected chi connectivity index (χ3v) is 3.66. The Labute approximate surface area is 107 Å². The number of H-pyrrole nitrogens is 1. The summed E-state index contributed by atoms with van der Waals surface area (Å²) in [5.74, 6) is 1.20. The zero-order chi connectivity index (χ0) is 13.2. The minimum absolute atomic E-state index is 0.00505. The first-order valence-corrected chi connectivity index (χ1v) is 6.40. The summed E-state index contributed by atoms with van der Waals surface area (Å²) in [7, 11) is 1.76. The van der Waals surface area contributed by atoms with Crippen molar-refractivity contribution in [1.82, 2.24) is 20.1 Å². The number of nitrogens with one attached hydrogen (secondary N) is 1. The lowest BCUT2D eigenvalue weighted by Gasteiger charge is -2.37. The number of hydrogen-bond donors (Lipinski definition) is 2. The second kappa shape index (κ2) is 5.06. The fourth-order valence-electron chi connectivity index (χ4n) is 2.77. The summed E-state index contributed by atoms with van der Waals surface area (Å²) >= 11 is 0. The lowest BCUT2D eigenvalue weighted by molar-refractivity contribution is -0.138. The van der Waals surface area contributed by atoms with Gasteiger partial charge in [0.15, 0.2) is 0 Å². The van der Waals surface area contributed by atoms with E-state index in [0.717, 1.165) is 25.7 Å². The van der Waals surface area contributed by atoms with Gasteiger partial charge in [-0.1, -0.05) is 19.8 Å². The Hall–Kier alpha value is -1.43. The molecule has 1 aliphatic carbocycles. The molecule has 1 aromatic heterocycles. The van der Waals surface area contributed by atoms with E-state index in [0.29, 0.717) is 18.3 Å². The molecule has 0 bridgehead atoms. The van der Waals surface area contributed by atoms with Crippen molar-refractivity contribution >= 4 is 5.91 Å². The zero-order valence-corrected chi connectivity index (χ0v) is 11.0. The molecule has 0 spiro atoms. The van der Waals surface area contributed by atoms with E-state index in [-0.39, 0.29) is 5.91 Å². The number of rotatable bonds is 3. The van der Waals surface area contributed by atoms with Crippen molar-refractivity contribution in [1.29, 1.82) is 0 Å². The van der Waals surface area contributed by atoms with Gasteiger partial charge in [0.05, 0.1) is 12.1 Å². The quantitative estimate of drug-likeness (QED) is 0.826. The van der Waals surface area contributed by atoms with Crippen LogP contribution in [-0.4, -0.2) is 38.6 Å². The summed E-state index contributed by atoms with van der Waals surface area (Å²) < 4.78 is 0. The maximum atomic E-state index is 12.4. The van der Waals surface area contributed by atoms with Crippen LogP contribution in [0.25, 0.3) is 0 Å². The first kappa shape index (κ1) is 13.0. The molecule has 2 rings (SSSR count). The average molecular weight is 251 g/mol. The van der Waals surface area contributed by atoms with Crippen molar-refractivity contribution < 1.29 is 4.79 Å². The summed E-state index contributed by atoms with van der Waals surface area (Å²) in [6, 6.07) is 0. The zero-order valence-electron chi connectivity index (χ0n) is 11.0. The van der Waals surface area contributed by atoms with Crippen LogP contribution < -0.4 is 5.73 Å². The van der Waals surface area contributed by atoms with Crippen molar-refractivity contribution in [3.8, 4) is 0 Å². The van der Waals surface area contributed by atoms with Gasteiger partial charge in [-0.2, -0.15) is 5.10 Å². The number of nitrogens with zero attached hydrogens (tertiary/aromatic N) is 3. The number of carbonyl (C=O) groups is 1. The lowest BCUT2D eigenvalue weighted by atomic mass is 9.76. The highest BCUT2D eigenvalue weighted by Crippen LogP contribution is 2.31. The molecular formula is C12H21N5O. The molecule has 100 valence electrons. The van der Waals surface area contributed by atoms with E-state index in [1.165, 1.54) is 6.33 Å². The number of amides is 1. The van der Waals surface area contributed by atoms with Gasteiger partial charge in [-0.15, -0.1) is 0 Å². The SMILES string of the molecule is CC1CCCC(N)(C(=O)N(C)Cc2ncn[nH]2)C1. The lowest BCUT2D eigenvalue weighted by Crippen LogP contribution is -2.56. The molecule has 1 saturated carbocycles. The number of hydrogen-bond acceptors (Lipinski definition) is 4. The summed E-state index contributed by atoms with van der Waals surface area (Å²) in [6.45, 7) is 2.58. The fourth-order valence-corrected chi connectivity index (χ4v) is 2.77. The van der Waals surface area contributed by atoms with Crippen molar-refractivity contribution in [3.63, 3.8) is 0 Å². The number of nitrogens with two attached hydrogens (primary N) is 1. The highest BCUT2D eigenvalue weighted by molar-refractivity contribution is 5.86. The maximum absolute atomic E-state index is 12.4. The molecule has 0 aromatic carbocycles. The van der Waals surface area contributed by atoms with Gasteiger partial charge in [-0.25, -0.2) is 4.98 Å². The van der Waals surface area contributed by atoms with E-state index in [1.807, 2.05) is 0 Å². The van der Waals surface area contributed by atoms with Crippen molar-refractivity contribution in [2.75, 3.05) is 7.05 Å². The number of likely N-dealkylation sites (N-methyl/N-ethyl adjacent to an activating group) is 1. The second-order valence-corrected chi connectivity index (χ2v) is 5.45. The molecule has 1 aliphatic rings. The molecule has 2 unspecified atom stereocenters. The van der Waals surface area contributed by atoms with E-state index in [9.17, 15) is 4.79 Å². The number of aromatic nitrogens is 3. The van der Waals surface area contributed by atoms with E-state index >= 15 is 0 Å². The Kier molecular flexibility index (Phi) is 3.65. The summed E-state index contributed by atoms with van der Waals surface area (Å²) in [4.78, 5) is 18.1. The van der Waals surface area contributed by atoms with Crippen LogP contribution in [0, 0.1) is 5.92 Å². The predicted octanol–water partition coefficient (Wildman–Crippen LogP) is 0.671. The molecule has 1 heterocycles. The Balaban J connectivity index is 2.01. The fraction of sp³-hybridized carbons (Fsp3) is 0.750. The summed E-state index contributed by atoms with van der Waals surface area (Å²) in [5, 5.41) is 6.52. The van der Waals surface area contributed by atoms with Gasteiger partial charge in [-0.05, 0) is 18.8 Å². The molecule has 3 N–H and O–H groups in total. The van der Waals surface area contributed by atoms with Crippen molar-refractivity contribution in [2.45, 2.75) is 44.7 Å². The largest absolute Gasteiger partial charge is 0.337 e. The molecule has 18 heavy (non-hydrogen) atoms. The predicted molar refractivity (Wildman–Crippen MR) is 67.4 cm³/mol. The van der Waals surface area contributed by atoms with Crippen molar-refractivity contribution in [3.05, 3.63) is 12.2 Å². The van der Waals surface area contributed by atoms with Crippen LogP contribution >= 0.6 is 0 Å². The molecule has 0 saturated heterocycles. The topological polar surface area (TPSA) is 87.9 Å². The standard InChI is InChI=1S/C12H21N5O/c1-9-4-3-5-12(13,6-9)11(18)17(2)7-10-14-8-15-16-10/h8-9H,3-7,13H2,1-2H3,(H,14,15,16). The third kappa shape index (κ3) is 2.69. The highest BCUT2D eigenvalue weighted by atomic mass is 16.2. The van der Waals surface area contributed by atoms with Gasteiger partial charge < -0.3 is 10.6 Å². The molecule has 6 nitrogen and oxygen atoms in total. The smallest absolute Gasteiger partial charge is 0.242 e. The highest BCUT2D eigenvalue weighted by Gasteiger charge is 2.39. The average Bonchev–Trinajstić information content (AvgIpc) is 2.80. The Morgan fingerprint density at radius 1 is 1.72 bits per heavy atom. The van der Waals surface area contributed by atoms with E-state index < -0.39 is 5.54 Å². The van der Waals surface area contributed by atoms with E-state index in [1.54, 1.807) is 11.9 Å². The maximum Gasteiger partial charge on any atom is 0.242 e. The van der Waals surface area contributed by atoms with Crippen LogP contribution in [0.4, 0.5) is 0 Å². The number of aromatic amines is 1. The van der Waals surface area contributed by atoms with Gasteiger partial charge >= 0.3 is 0 Å². The Morgan fingerprint density at radius 3 is 3.11 bits per heavy atom. The van der Waals surface area contributed by atoms with Crippen LogP contribution in [0.2, 0.25) is 0 Å². The first-order valence-electron chi connectivity index (χ1n) is 6.40. The molecule has 0 aliphatic heterocycles. The monoisotopic (exact) mass is 251 g/mol. The Morgan fingerprint density at radius 2 is 2.50 bits per heavy atom. The molecule has 1 aromatic rings. The molecule has 1 fully saturated rings. The number of carbonyl (C=O) groups excluding carboxylic acids is 1. The van der Waals surface area contributed by atoms with Gasteiger partial charge in [0, 0.05) is 7.05 Å². The van der Waals surface area contributed by atoms with Crippen LogP contribution in [0.15, 0.2) is 6.33 Å². The van der Waals surface area contributed by atoms with Crippen LogP contribution in [0.5, 0.6) is 0 Å². The second-order valence-electron chi connectivity index (χ2n) is 5.45. The van der Waals surface area contributed by atoms with Crippen LogP contribution in [0.1, 0.15) is 38.4 Å².